The van der Waals surface area contributed by atoms with E-state index in [2.05, 4.69) is 10.6 Å². The highest BCUT2D eigenvalue weighted by molar-refractivity contribution is 5.78. The van der Waals surface area contributed by atoms with Gasteiger partial charge in [0.05, 0.1) is 12.6 Å². The van der Waals surface area contributed by atoms with Gasteiger partial charge in [-0.2, -0.15) is 0 Å². The van der Waals surface area contributed by atoms with E-state index in [0.717, 1.165) is 12.1 Å². The molecule has 2 aromatic rings. The van der Waals surface area contributed by atoms with Crippen LogP contribution in [-0.2, 0) is 11.2 Å². The Bertz CT molecular complexity index is 731. The topological polar surface area (TPSA) is 41.1 Å². The SMILES string of the molecule is O=C(CNCC1CC1)NC(Cc1cccc(F)c1)c1cccc(F)c1. The number of rotatable bonds is 8. The summed E-state index contributed by atoms with van der Waals surface area (Å²) in [7, 11) is 0. The Morgan fingerprint density at radius 2 is 1.80 bits per heavy atom. The quantitative estimate of drug-likeness (QED) is 0.771. The summed E-state index contributed by atoms with van der Waals surface area (Å²) in [5, 5.41) is 6.07. The van der Waals surface area contributed by atoms with Crippen molar-refractivity contribution in [1.82, 2.24) is 10.6 Å². The first-order valence-electron chi connectivity index (χ1n) is 8.60. The van der Waals surface area contributed by atoms with Crippen LogP contribution in [0.3, 0.4) is 0 Å². The molecule has 0 radical (unpaired) electrons. The molecule has 0 spiro atoms. The van der Waals surface area contributed by atoms with Gasteiger partial charge in [0.1, 0.15) is 11.6 Å². The van der Waals surface area contributed by atoms with Crippen LogP contribution in [0.15, 0.2) is 48.5 Å². The largest absolute Gasteiger partial charge is 0.348 e. The number of hydrogen-bond donors (Lipinski definition) is 2. The van der Waals surface area contributed by atoms with Gasteiger partial charge in [-0.25, -0.2) is 8.78 Å². The Labute approximate surface area is 146 Å². The average molecular weight is 344 g/mol. The molecule has 3 rings (SSSR count). The second-order valence-corrected chi connectivity index (χ2v) is 6.58. The van der Waals surface area contributed by atoms with Crippen LogP contribution in [0.2, 0.25) is 0 Å². The number of halogens is 2. The van der Waals surface area contributed by atoms with Gasteiger partial charge in [-0.15, -0.1) is 0 Å². The molecule has 3 nitrogen and oxygen atoms in total. The van der Waals surface area contributed by atoms with Crippen LogP contribution in [0.1, 0.15) is 30.0 Å². The monoisotopic (exact) mass is 344 g/mol. The van der Waals surface area contributed by atoms with Crippen molar-refractivity contribution in [3.05, 3.63) is 71.3 Å². The van der Waals surface area contributed by atoms with E-state index in [0.29, 0.717) is 17.9 Å². The molecule has 0 heterocycles. The molecule has 5 heteroatoms. The first-order chi connectivity index (χ1) is 12.1. The zero-order valence-corrected chi connectivity index (χ0v) is 14.0. The highest BCUT2D eigenvalue weighted by Crippen LogP contribution is 2.27. The Kier molecular flexibility index (Phi) is 5.76. The van der Waals surface area contributed by atoms with Gasteiger partial charge >= 0.3 is 0 Å². The molecule has 2 aromatic carbocycles. The fourth-order valence-electron chi connectivity index (χ4n) is 2.83. The lowest BCUT2D eigenvalue weighted by atomic mass is 9.98. The van der Waals surface area contributed by atoms with Gasteiger partial charge in [0, 0.05) is 0 Å². The standard InChI is InChI=1S/C20H22F2N2O/c21-17-5-1-3-15(9-17)10-19(16-4-2-6-18(22)11-16)24-20(25)13-23-12-14-7-8-14/h1-6,9,11,14,19,23H,7-8,10,12-13H2,(H,24,25). The summed E-state index contributed by atoms with van der Waals surface area (Å²) in [5.74, 6) is -0.138. The summed E-state index contributed by atoms with van der Waals surface area (Å²) in [6.45, 7) is 1.08. The van der Waals surface area contributed by atoms with Crippen molar-refractivity contribution >= 4 is 5.91 Å². The molecule has 0 aliphatic heterocycles. The third-order valence-corrected chi connectivity index (χ3v) is 4.33. The smallest absolute Gasteiger partial charge is 0.234 e. The van der Waals surface area contributed by atoms with Crippen molar-refractivity contribution in [2.75, 3.05) is 13.1 Å². The molecule has 1 fully saturated rings. The molecule has 1 aliphatic rings. The van der Waals surface area contributed by atoms with Crippen LogP contribution in [0.4, 0.5) is 8.78 Å². The van der Waals surface area contributed by atoms with E-state index in [-0.39, 0.29) is 24.1 Å². The van der Waals surface area contributed by atoms with Gasteiger partial charge in [-0.05, 0) is 67.1 Å². The van der Waals surface area contributed by atoms with E-state index in [1.54, 1.807) is 24.3 Å². The van der Waals surface area contributed by atoms with Gasteiger partial charge in [0.25, 0.3) is 0 Å². The normalized spacial score (nSPS) is 15.0. The predicted octanol–water partition coefficient (Wildman–Crippen LogP) is 3.36. The summed E-state index contributed by atoms with van der Waals surface area (Å²) in [6, 6.07) is 12.0. The van der Waals surface area contributed by atoms with E-state index in [4.69, 9.17) is 0 Å². The van der Waals surface area contributed by atoms with Crippen LogP contribution in [-0.4, -0.2) is 19.0 Å². The fraction of sp³-hybridized carbons (Fsp3) is 0.350. The summed E-state index contributed by atoms with van der Waals surface area (Å²) in [6.07, 6.45) is 2.84. The lowest BCUT2D eigenvalue weighted by Crippen LogP contribution is -2.37. The summed E-state index contributed by atoms with van der Waals surface area (Å²) >= 11 is 0. The maximum Gasteiger partial charge on any atom is 0.234 e. The van der Waals surface area contributed by atoms with E-state index in [1.165, 1.54) is 37.1 Å². The maximum atomic E-state index is 13.6. The Morgan fingerprint density at radius 1 is 1.08 bits per heavy atom. The zero-order chi connectivity index (χ0) is 17.6. The fourth-order valence-corrected chi connectivity index (χ4v) is 2.83. The molecule has 0 bridgehead atoms. The van der Waals surface area contributed by atoms with Crippen molar-refractivity contribution in [2.45, 2.75) is 25.3 Å². The zero-order valence-electron chi connectivity index (χ0n) is 14.0. The Balaban J connectivity index is 1.68. The van der Waals surface area contributed by atoms with E-state index in [9.17, 15) is 13.6 Å². The molecule has 1 saturated carbocycles. The van der Waals surface area contributed by atoms with Crippen molar-refractivity contribution in [3.8, 4) is 0 Å². The van der Waals surface area contributed by atoms with Crippen molar-refractivity contribution < 1.29 is 13.6 Å². The summed E-state index contributed by atoms with van der Waals surface area (Å²) < 4.78 is 27.0. The van der Waals surface area contributed by atoms with Gasteiger partial charge in [-0.1, -0.05) is 24.3 Å². The molecule has 0 aromatic heterocycles. The number of benzene rings is 2. The molecule has 1 unspecified atom stereocenters. The Hall–Kier alpha value is -2.27. The first kappa shape index (κ1) is 17.5. The van der Waals surface area contributed by atoms with Crippen LogP contribution < -0.4 is 10.6 Å². The van der Waals surface area contributed by atoms with Crippen molar-refractivity contribution in [1.29, 1.82) is 0 Å². The molecule has 1 atom stereocenters. The van der Waals surface area contributed by atoms with Gasteiger partial charge in [0.15, 0.2) is 0 Å². The van der Waals surface area contributed by atoms with Gasteiger partial charge in [-0.3, -0.25) is 4.79 Å². The molecular weight excluding hydrogens is 322 g/mol. The number of amides is 1. The molecule has 2 N–H and O–H groups in total. The van der Waals surface area contributed by atoms with Crippen LogP contribution in [0.25, 0.3) is 0 Å². The third-order valence-electron chi connectivity index (χ3n) is 4.33. The van der Waals surface area contributed by atoms with Crippen LogP contribution in [0, 0.1) is 17.6 Å². The molecule has 1 aliphatic carbocycles. The van der Waals surface area contributed by atoms with Crippen LogP contribution in [0.5, 0.6) is 0 Å². The minimum Gasteiger partial charge on any atom is -0.348 e. The average Bonchev–Trinajstić information content (AvgIpc) is 3.39. The van der Waals surface area contributed by atoms with Gasteiger partial charge in [0.2, 0.25) is 5.91 Å². The van der Waals surface area contributed by atoms with E-state index in [1.807, 2.05) is 0 Å². The van der Waals surface area contributed by atoms with Gasteiger partial charge < -0.3 is 10.6 Å². The van der Waals surface area contributed by atoms with E-state index < -0.39 is 6.04 Å². The molecule has 132 valence electrons. The van der Waals surface area contributed by atoms with Crippen LogP contribution >= 0.6 is 0 Å². The number of carbonyl (C=O) groups is 1. The number of nitrogens with one attached hydrogen (secondary N) is 2. The molecular formula is C20H22F2N2O. The summed E-state index contributed by atoms with van der Waals surface area (Å²) in [4.78, 5) is 12.2. The second-order valence-electron chi connectivity index (χ2n) is 6.58. The highest BCUT2D eigenvalue weighted by atomic mass is 19.1. The van der Waals surface area contributed by atoms with E-state index >= 15 is 0 Å². The second kappa shape index (κ2) is 8.21. The highest BCUT2D eigenvalue weighted by Gasteiger charge is 2.21. The van der Waals surface area contributed by atoms with Crippen molar-refractivity contribution in [3.63, 3.8) is 0 Å². The third kappa shape index (κ3) is 5.64. The summed E-state index contributed by atoms with van der Waals surface area (Å²) in [5.41, 5.74) is 1.42. The lowest BCUT2D eigenvalue weighted by Gasteiger charge is -2.20. The first-order valence-corrected chi connectivity index (χ1v) is 8.60. The minimum atomic E-state index is -0.410. The van der Waals surface area contributed by atoms with Crippen molar-refractivity contribution in [2.24, 2.45) is 5.92 Å². The maximum absolute atomic E-state index is 13.6. The molecule has 1 amide bonds. The molecule has 25 heavy (non-hydrogen) atoms. The number of hydrogen-bond acceptors (Lipinski definition) is 2. The number of carbonyl (C=O) groups excluding carboxylic acids is 1. The lowest BCUT2D eigenvalue weighted by molar-refractivity contribution is -0.121. The predicted molar refractivity (Wildman–Crippen MR) is 93.0 cm³/mol. The molecule has 0 saturated heterocycles. The minimum absolute atomic E-state index is 0.147. The Morgan fingerprint density at radius 3 is 2.48 bits per heavy atom.